The summed E-state index contributed by atoms with van der Waals surface area (Å²) in [6, 6.07) is 6.42. The summed E-state index contributed by atoms with van der Waals surface area (Å²) in [6.45, 7) is 0. The average molecular weight is 261 g/mol. The average Bonchev–Trinajstić information content (AvgIpc) is 2.17. The molecule has 0 aliphatic carbocycles. The first-order chi connectivity index (χ1) is 7.08. The van der Waals surface area contributed by atoms with Crippen LogP contribution in [-0.4, -0.2) is 10.2 Å². The van der Waals surface area contributed by atoms with E-state index in [0.717, 1.165) is 0 Å². The summed E-state index contributed by atoms with van der Waals surface area (Å²) in [5.41, 5.74) is 0.907. The lowest BCUT2D eigenvalue weighted by molar-refractivity contribution is 0.108. The molecule has 0 aliphatic heterocycles. The van der Waals surface area contributed by atoms with E-state index in [0.29, 0.717) is 21.5 Å². The zero-order valence-corrected chi connectivity index (χ0v) is 9.57. The number of nitrogens with zero attached hydrogens (tertiary/aromatic N) is 1. The van der Waals surface area contributed by atoms with Crippen molar-refractivity contribution in [2.24, 2.45) is 0 Å². The summed E-state index contributed by atoms with van der Waals surface area (Å²) in [5, 5.41) is 0.776. The Kier molecular flexibility index (Phi) is 2.83. The van der Waals surface area contributed by atoms with Crippen LogP contribution in [0.15, 0.2) is 24.3 Å². The van der Waals surface area contributed by atoms with Gasteiger partial charge in [-0.25, -0.2) is 4.98 Å². The van der Waals surface area contributed by atoms with Crippen LogP contribution in [0.1, 0.15) is 10.4 Å². The molecule has 0 amide bonds. The Balaban J connectivity index is 2.87. The van der Waals surface area contributed by atoms with Gasteiger partial charge < -0.3 is 0 Å². The molecule has 0 atom stereocenters. The number of rotatable bonds is 1. The van der Waals surface area contributed by atoms with Crippen molar-refractivity contribution in [2.75, 3.05) is 0 Å². The molecule has 0 bridgehead atoms. The van der Waals surface area contributed by atoms with Gasteiger partial charge in [0.25, 0.3) is 5.24 Å². The fourth-order valence-corrected chi connectivity index (χ4v) is 1.86. The third-order valence-corrected chi connectivity index (χ3v) is 2.58. The number of fused-ring (bicyclic) bond motifs is 1. The number of hydrogen-bond donors (Lipinski definition) is 0. The summed E-state index contributed by atoms with van der Waals surface area (Å²) >= 11 is 17.0. The maximum Gasteiger partial charge on any atom is 0.253 e. The third-order valence-electron chi connectivity index (χ3n) is 1.95. The minimum Gasteiger partial charge on any atom is -0.276 e. The Morgan fingerprint density at radius 2 is 1.93 bits per heavy atom. The molecule has 1 heterocycles. The van der Waals surface area contributed by atoms with Crippen molar-refractivity contribution in [1.82, 2.24) is 4.98 Å². The lowest BCUT2D eigenvalue weighted by Crippen LogP contribution is -1.93. The SMILES string of the molecule is O=C(Cl)c1cc(Cl)nc2ccc(Cl)cc12. The maximum absolute atomic E-state index is 11.2. The maximum atomic E-state index is 11.2. The van der Waals surface area contributed by atoms with Crippen LogP contribution in [0, 0.1) is 0 Å². The summed E-state index contributed by atoms with van der Waals surface area (Å²) in [4.78, 5) is 15.2. The molecule has 0 N–H and O–H groups in total. The van der Waals surface area contributed by atoms with Gasteiger partial charge in [0.2, 0.25) is 0 Å². The number of pyridine rings is 1. The molecule has 0 saturated heterocycles. The molecular weight excluding hydrogens is 256 g/mol. The minimum atomic E-state index is -0.577. The molecule has 1 aromatic carbocycles. The molecular formula is C10H4Cl3NO. The zero-order valence-electron chi connectivity index (χ0n) is 7.30. The molecule has 0 saturated carbocycles. The molecule has 0 aliphatic rings. The Labute approximate surface area is 101 Å². The summed E-state index contributed by atoms with van der Waals surface area (Å²) in [5.74, 6) is 0. The largest absolute Gasteiger partial charge is 0.276 e. The van der Waals surface area contributed by atoms with Crippen LogP contribution in [0.2, 0.25) is 10.2 Å². The fourth-order valence-electron chi connectivity index (χ4n) is 1.33. The molecule has 2 nitrogen and oxygen atoms in total. The van der Waals surface area contributed by atoms with E-state index >= 15 is 0 Å². The first-order valence-corrected chi connectivity index (χ1v) is 5.17. The fraction of sp³-hybridized carbons (Fsp3) is 0. The molecule has 1 aromatic heterocycles. The Morgan fingerprint density at radius 1 is 1.20 bits per heavy atom. The molecule has 5 heteroatoms. The van der Waals surface area contributed by atoms with Crippen LogP contribution in [-0.2, 0) is 0 Å². The number of halogens is 3. The first-order valence-electron chi connectivity index (χ1n) is 4.03. The summed E-state index contributed by atoms with van der Waals surface area (Å²) < 4.78 is 0. The molecule has 0 radical (unpaired) electrons. The van der Waals surface area contributed by atoms with E-state index < -0.39 is 5.24 Å². The van der Waals surface area contributed by atoms with Gasteiger partial charge in [-0.3, -0.25) is 4.79 Å². The van der Waals surface area contributed by atoms with E-state index in [4.69, 9.17) is 34.8 Å². The quantitative estimate of drug-likeness (QED) is 0.574. The second kappa shape index (κ2) is 3.97. The van der Waals surface area contributed by atoms with Crippen molar-refractivity contribution in [2.45, 2.75) is 0 Å². The number of carbonyl (C=O) groups excluding carboxylic acids is 1. The normalized spacial score (nSPS) is 10.6. The molecule has 0 unspecified atom stereocenters. The second-order valence-corrected chi connectivity index (χ2v) is 4.09. The highest BCUT2D eigenvalue weighted by Crippen LogP contribution is 2.25. The van der Waals surface area contributed by atoms with Gasteiger partial charge >= 0.3 is 0 Å². The Morgan fingerprint density at radius 3 is 2.60 bits per heavy atom. The van der Waals surface area contributed by atoms with E-state index in [1.807, 2.05) is 0 Å². The van der Waals surface area contributed by atoms with Gasteiger partial charge in [-0.2, -0.15) is 0 Å². The van der Waals surface area contributed by atoms with Crippen molar-refractivity contribution in [1.29, 1.82) is 0 Å². The minimum absolute atomic E-state index is 0.230. The molecule has 0 fully saturated rings. The van der Waals surface area contributed by atoms with Gasteiger partial charge in [0.1, 0.15) is 5.15 Å². The molecule has 2 rings (SSSR count). The van der Waals surface area contributed by atoms with Crippen molar-refractivity contribution in [3.63, 3.8) is 0 Å². The van der Waals surface area contributed by atoms with Crippen LogP contribution in [0.5, 0.6) is 0 Å². The molecule has 76 valence electrons. The van der Waals surface area contributed by atoms with E-state index in [9.17, 15) is 4.79 Å². The van der Waals surface area contributed by atoms with Gasteiger partial charge in [0, 0.05) is 16.0 Å². The topological polar surface area (TPSA) is 30.0 Å². The van der Waals surface area contributed by atoms with Crippen molar-refractivity contribution >= 4 is 50.9 Å². The zero-order chi connectivity index (χ0) is 11.0. The standard InChI is InChI=1S/C10H4Cl3NO/c11-5-1-2-8-6(3-5)7(10(13)15)4-9(12)14-8/h1-4H. The predicted octanol–water partition coefficient (Wildman–Crippen LogP) is 3.92. The highest BCUT2D eigenvalue weighted by atomic mass is 35.5. The third kappa shape index (κ3) is 2.07. The van der Waals surface area contributed by atoms with Crippen LogP contribution in [0.25, 0.3) is 10.9 Å². The van der Waals surface area contributed by atoms with Crippen LogP contribution in [0.4, 0.5) is 0 Å². The van der Waals surface area contributed by atoms with E-state index in [1.54, 1.807) is 18.2 Å². The Bertz CT molecular complexity index is 554. The van der Waals surface area contributed by atoms with Crippen LogP contribution >= 0.6 is 34.8 Å². The van der Waals surface area contributed by atoms with Gasteiger partial charge in [0.05, 0.1) is 5.52 Å². The van der Waals surface area contributed by atoms with Gasteiger partial charge in [-0.05, 0) is 35.9 Å². The van der Waals surface area contributed by atoms with Gasteiger partial charge in [-0.1, -0.05) is 23.2 Å². The number of carbonyl (C=O) groups is 1. The highest BCUT2D eigenvalue weighted by Gasteiger charge is 2.10. The molecule has 0 spiro atoms. The lowest BCUT2D eigenvalue weighted by atomic mass is 10.1. The van der Waals surface area contributed by atoms with Crippen molar-refractivity contribution in [3.05, 3.63) is 40.0 Å². The predicted molar refractivity (Wildman–Crippen MR) is 61.9 cm³/mol. The van der Waals surface area contributed by atoms with Crippen molar-refractivity contribution in [3.8, 4) is 0 Å². The second-order valence-electron chi connectivity index (χ2n) is 2.93. The first kappa shape index (κ1) is 10.7. The number of hydrogen-bond acceptors (Lipinski definition) is 2. The molecule has 2 aromatic rings. The Hall–Kier alpha value is -0.830. The van der Waals surface area contributed by atoms with E-state index in [1.165, 1.54) is 6.07 Å². The number of benzene rings is 1. The number of aromatic nitrogens is 1. The van der Waals surface area contributed by atoms with E-state index in [2.05, 4.69) is 4.98 Å². The van der Waals surface area contributed by atoms with Gasteiger partial charge in [0.15, 0.2) is 0 Å². The monoisotopic (exact) mass is 259 g/mol. The summed E-state index contributed by atoms with van der Waals surface area (Å²) in [6.07, 6.45) is 0. The molecule has 15 heavy (non-hydrogen) atoms. The van der Waals surface area contributed by atoms with Gasteiger partial charge in [-0.15, -0.1) is 0 Å². The smallest absolute Gasteiger partial charge is 0.253 e. The van der Waals surface area contributed by atoms with Crippen LogP contribution in [0.3, 0.4) is 0 Å². The lowest BCUT2D eigenvalue weighted by Gasteiger charge is -2.03. The highest BCUT2D eigenvalue weighted by molar-refractivity contribution is 6.68. The van der Waals surface area contributed by atoms with E-state index in [-0.39, 0.29) is 5.15 Å². The van der Waals surface area contributed by atoms with Crippen LogP contribution < -0.4 is 0 Å². The summed E-state index contributed by atoms with van der Waals surface area (Å²) in [7, 11) is 0. The van der Waals surface area contributed by atoms with Crippen molar-refractivity contribution < 1.29 is 4.79 Å².